The van der Waals surface area contributed by atoms with E-state index < -0.39 is 15.7 Å². The van der Waals surface area contributed by atoms with Gasteiger partial charge in [0.2, 0.25) is 0 Å². The molecule has 0 amide bonds. The van der Waals surface area contributed by atoms with Crippen molar-refractivity contribution in [2.45, 2.75) is 24.8 Å². The Hall–Kier alpha value is -1.42. The Morgan fingerprint density at radius 3 is 2.38 bits per heavy atom. The summed E-state index contributed by atoms with van der Waals surface area (Å²) in [4.78, 5) is 6.05. The lowest BCUT2D eigenvalue weighted by molar-refractivity contribution is 0.182. The molecular formula is C15H20N2O3S. The lowest BCUT2D eigenvalue weighted by atomic mass is 9.81. The molecule has 114 valence electrons. The molecule has 0 unspecified atom stereocenters. The first kappa shape index (κ1) is 16.0. The van der Waals surface area contributed by atoms with Crippen molar-refractivity contribution in [2.75, 3.05) is 25.4 Å². The van der Waals surface area contributed by atoms with Gasteiger partial charge in [0.05, 0.1) is 5.75 Å². The summed E-state index contributed by atoms with van der Waals surface area (Å²) < 4.78 is 30.1. The van der Waals surface area contributed by atoms with Crippen LogP contribution in [0.1, 0.15) is 24.8 Å². The predicted octanol–water partition coefficient (Wildman–Crippen LogP) is 2.17. The molecule has 0 bridgehead atoms. The van der Waals surface area contributed by atoms with Gasteiger partial charge in [-0.05, 0) is 13.0 Å². The van der Waals surface area contributed by atoms with Crippen LogP contribution in [0.15, 0.2) is 30.3 Å². The van der Waals surface area contributed by atoms with Gasteiger partial charge in [0, 0.05) is 31.5 Å². The fraction of sp³-hybridized carbons (Fsp3) is 0.533. The van der Waals surface area contributed by atoms with E-state index in [0.717, 1.165) is 31.5 Å². The molecular weight excluding hydrogens is 288 g/mol. The van der Waals surface area contributed by atoms with Gasteiger partial charge in [0.1, 0.15) is 0 Å². The maximum Gasteiger partial charge on any atom is 0.264 e. The molecule has 0 saturated carbocycles. The van der Waals surface area contributed by atoms with Crippen LogP contribution < -0.4 is 0 Å². The lowest BCUT2D eigenvalue weighted by Crippen LogP contribution is -2.41. The maximum atomic E-state index is 10.7. The number of piperidine rings is 1. The molecule has 0 radical (unpaired) electrons. The number of hydrogen-bond acceptors (Lipinski definition) is 3. The molecule has 21 heavy (non-hydrogen) atoms. The van der Waals surface area contributed by atoms with Crippen LogP contribution in [0.2, 0.25) is 0 Å². The first-order chi connectivity index (χ1) is 9.95. The summed E-state index contributed by atoms with van der Waals surface area (Å²) in [6.07, 6.45) is 1.94. The number of nitrogens with zero attached hydrogens (tertiary/aromatic N) is 2. The quantitative estimate of drug-likeness (QED) is 0.669. The summed E-state index contributed by atoms with van der Waals surface area (Å²) in [7, 11) is -3.87. The van der Waals surface area contributed by atoms with Gasteiger partial charge >= 0.3 is 0 Å². The number of benzene rings is 1. The fourth-order valence-electron chi connectivity index (χ4n) is 2.83. The zero-order valence-electron chi connectivity index (χ0n) is 11.9. The first-order valence-electron chi connectivity index (χ1n) is 7.07. The van der Waals surface area contributed by atoms with Crippen molar-refractivity contribution >= 4 is 10.1 Å². The molecule has 6 heteroatoms. The number of rotatable bonds is 5. The smallest absolute Gasteiger partial charge is 0.264 e. The molecule has 1 fully saturated rings. The maximum absolute atomic E-state index is 10.7. The Morgan fingerprint density at radius 1 is 1.24 bits per heavy atom. The number of hydrogen-bond donors (Lipinski definition) is 1. The minimum absolute atomic E-state index is 0.198. The van der Waals surface area contributed by atoms with E-state index in [9.17, 15) is 8.42 Å². The second-order valence-corrected chi connectivity index (χ2v) is 7.06. The molecule has 1 aliphatic heterocycles. The van der Waals surface area contributed by atoms with Gasteiger partial charge in [-0.1, -0.05) is 30.3 Å². The summed E-state index contributed by atoms with van der Waals surface area (Å²) in [6, 6.07) is 9.88. The van der Waals surface area contributed by atoms with Crippen molar-refractivity contribution in [3.63, 3.8) is 0 Å². The second kappa shape index (κ2) is 6.56. The summed E-state index contributed by atoms with van der Waals surface area (Å²) >= 11 is 0. The molecule has 1 saturated heterocycles. The average molecular weight is 308 g/mol. The van der Waals surface area contributed by atoms with Crippen molar-refractivity contribution in [3.8, 4) is 0 Å². The standard InChI is InChI=1S/C15H20N2O3S/c1-16-15(14-6-3-2-4-7-14)8-11-17(12-9-15)10-5-13-21(18,19)20/h2-4,6-7H,5,8-13H2,(H,18,19,20). The van der Waals surface area contributed by atoms with Gasteiger partial charge in [-0.2, -0.15) is 8.42 Å². The Balaban J connectivity index is 1.91. The molecule has 1 heterocycles. The Kier molecular flexibility index (Phi) is 4.99. The highest BCUT2D eigenvalue weighted by atomic mass is 32.2. The molecule has 0 spiro atoms. The Labute approximate surface area is 126 Å². The molecule has 1 N–H and O–H groups in total. The van der Waals surface area contributed by atoms with Gasteiger partial charge in [-0.15, -0.1) is 0 Å². The first-order valence-corrected chi connectivity index (χ1v) is 8.68. The van der Waals surface area contributed by atoms with Crippen molar-refractivity contribution in [2.24, 2.45) is 0 Å². The molecule has 2 rings (SSSR count). The van der Waals surface area contributed by atoms with Crippen LogP contribution in [0.4, 0.5) is 0 Å². The van der Waals surface area contributed by atoms with Crippen LogP contribution >= 0.6 is 0 Å². The van der Waals surface area contributed by atoms with Crippen molar-refractivity contribution in [1.82, 2.24) is 4.90 Å². The van der Waals surface area contributed by atoms with Crippen LogP contribution in [-0.2, 0) is 15.7 Å². The van der Waals surface area contributed by atoms with E-state index in [0.29, 0.717) is 13.0 Å². The van der Waals surface area contributed by atoms with Crippen LogP contribution in [-0.4, -0.2) is 43.3 Å². The number of likely N-dealkylation sites (tertiary alicyclic amines) is 1. The molecule has 0 aromatic heterocycles. The highest BCUT2D eigenvalue weighted by Crippen LogP contribution is 2.36. The molecule has 1 aromatic carbocycles. The minimum Gasteiger partial charge on any atom is -0.305 e. The van der Waals surface area contributed by atoms with Gasteiger partial charge < -0.3 is 9.74 Å². The van der Waals surface area contributed by atoms with E-state index in [1.54, 1.807) is 0 Å². The van der Waals surface area contributed by atoms with E-state index >= 15 is 0 Å². The van der Waals surface area contributed by atoms with Crippen molar-refractivity contribution in [3.05, 3.63) is 47.3 Å². The summed E-state index contributed by atoms with van der Waals surface area (Å²) in [6.45, 7) is 9.77. The van der Waals surface area contributed by atoms with Gasteiger partial charge in [0.25, 0.3) is 15.7 Å². The van der Waals surface area contributed by atoms with Crippen LogP contribution in [0.3, 0.4) is 0 Å². The zero-order chi connectivity index (χ0) is 15.3. The van der Waals surface area contributed by atoms with E-state index in [1.807, 2.05) is 30.3 Å². The largest absolute Gasteiger partial charge is 0.305 e. The average Bonchev–Trinajstić information content (AvgIpc) is 2.48. The van der Waals surface area contributed by atoms with E-state index in [-0.39, 0.29) is 5.75 Å². The fourth-order valence-corrected chi connectivity index (χ4v) is 3.32. The SMILES string of the molecule is [C-]#[N+]C1(c2ccccc2)CCN(CCCS(=O)(=O)O)CC1. The summed E-state index contributed by atoms with van der Waals surface area (Å²) in [5, 5.41) is 0. The summed E-state index contributed by atoms with van der Waals surface area (Å²) in [5.74, 6) is -0.198. The highest BCUT2D eigenvalue weighted by molar-refractivity contribution is 7.85. The van der Waals surface area contributed by atoms with Crippen LogP contribution in [0.5, 0.6) is 0 Å². The highest BCUT2D eigenvalue weighted by Gasteiger charge is 2.41. The van der Waals surface area contributed by atoms with Crippen LogP contribution in [0, 0.1) is 6.57 Å². The Bertz CT molecular complexity index is 600. The van der Waals surface area contributed by atoms with Crippen LogP contribution in [0.25, 0.3) is 4.85 Å². The Morgan fingerprint density at radius 2 is 1.86 bits per heavy atom. The lowest BCUT2D eigenvalue weighted by Gasteiger charge is -2.34. The zero-order valence-corrected chi connectivity index (χ0v) is 12.7. The summed E-state index contributed by atoms with van der Waals surface area (Å²) in [5.41, 5.74) is 0.624. The molecule has 5 nitrogen and oxygen atoms in total. The molecule has 1 aromatic rings. The van der Waals surface area contributed by atoms with E-state index in [4.69, 9.17) is 11.1 Å². The van der Waals surface area contributed by atoms with Gasteiger partial charge in [-0.25, -0.2) is 6.57 Å². The molecule has 0 atom stereocenters. The normalized spacial score (nSPS) is 19.0. The minimum atomic E-state index is -3.87. The molecule has 1 aliphatic rings. The van der Waals surface area contributed by atoms with E-state index in [2.05, 4.69) is 9.74 Å². The van der Waals surface area contributed by atoms with E-state index in [1.165, 1.54) is 0 Å². The third-order valence-corrected chi connectivity index (χ3v) is 4.89. The second-order valence-electron chi connectivity index (χ2n) is 5.49. The van der Waals surface area contributed by atoms with Crippen molar-refractivity contribution in [1.29, 1.82) is 0 Å². The van der Waals surface area contributed by atoms with Crippen molar-refractivity contribution < 1.29 is 13.0 Å². The van der Waals surface area contributed by atoms with Gasteiger partial charge in [-0.3, -0.25) is 4.55 Å². The third kappa shape index (κ3) is 4.27. The third-order valence-electron chi connectivity index (χ3n) is 4.09. The molecule has 0 aliphatic carbocycles. The monoisotopic (exact) mass is 308 g/mol. The topological polar surface area (TPSA) is 62.0 Å². The predicted molar refractivity (Wildman–Crippen MR) is 81.4 cm³/mol. The van der Waals surface area contributed by atoms with Gasteiger partial charge in [0.15, 0.2) is 0 Å².